The third-order valence-corrected chi connectivity index (χ3v) is 1.24. The van der Waals surface area contributed by atoms with Crippen LogP contribution in [0.25, 0.3) is 0 Å². The van der Waals surface area contributed by atoms with Crippen LogP contribution in [0.1, 0.15) is 6.42 Å². The number of carbonyl (C=O) groups excluding carboxylic acids is 1. The van der Waals surface area contributed by atoms with Gasteiger partial charge in [-0.15, -0.1) is 0 Å². The molecule has 0 saturated heterocycles. The molecule has 0 aliphatic rings. The van der Waals surface area contributed by atoms with E-state index in [-0.39, 0.29) is 49.1 Å². The van der Waals surface area contributed by atoms with Gasteiger partial charge in [0.25, 0.3) is 0 Å². The first-order valence-electron chi connectivity index (χ1n) is 3.41. The molecule has 0 bridgehead atoms. The summed E-state index contributed by atoms with van der Waals surface area (Å²) in [6.45, 7) is -0.297. The van der Waals surface area contributed by atoms with Crippen LogP contribution in [-0.2, 0) is 9.59 Å². The van der Waals surface area contributed by atoms with Crippen LogP contribution < -0.4 is 45.7 Å². The maximum absolute atomic E-state index is 10.2. The number of nitrogens with one attached hydrogen (secondary N) is 1. The maximum Gasteiger partial charge on any atom is 1.00 e. The van der Waals surface area contributed by atoms with E-state index in [1.807, 2.05) is 0 Å². The summed E-state index contributed by atoms with van der Waals surface area (Å²) in [7, 11) is 0. The van der Waals surface area contributed by atoms with Gasteiger partial charge in [0.15, 0.2) is 0 Å². The van der Waals surface area contributed by atoms with Gasteiger partial charge in [0.1, 0.15) is 0 Å². The van der Waals surface area contributed by atoms with Crippen LogP contribution in [0.2, 0.25) is 0 Å². The van der Waals surface area contributed by atoms with Gasteiger partial charge in [0.05, 0.1) is 12.4 Å². The molecule has 0 aliphatic heterocycles. The molecule has 70 valence electrons. The van der Waals surface area contributed by atoms with Gasteiger partial charge < -0.3 is 26.1 Å². The van der Waals surface area contributed by atoms with Crippen molar-refractivity contribution in [3.63, 3.8) is 0 Å². The molecular formula is C6H11N2NaO4. The van der Waals surface area contributed by atoms with E-state index >= 15 is 0 Å². The number of carboxylic acid groups (broad SMARTS) is 2. The van der Waals surface area contributed by atoms with Crippen LogP contribution in [-0.4, -0.2) is 36.2 Å². The number of aliphatic carboxylic acids is 2. The van der Waals surface area contributed by atoms with Crippen LogP contribution in [0.3, 0.4) is 0 Å². The molecule has 0 aromatic rings. The third-order valence-electron chi connectivity index (χ3n) is 1.24. The summed E-state index contributed by atoms with van der Waals surface area (Å²) in [5.74, 6) is -2.30. The van der Waals surface area contributed by atoms with Crippen molar-refractivity contribution >= 4 is 11.9 Å². The largest absolute Gasteiger partial charge is 1.00 e. The van der Waals surface area contributed by atoms with E-state index in [2.05, 4.69) is 5.32 Å². The molecule has 0 aromatic heterocycles. The summed E-state index contributed by atoms with van der Waals surface area (Å²) in [5, 5.41) is 20.7. The molecule has 1 atom stereocenters. The van der Waals surface area contributed by atoms with Crippen molar-refractivity contribution in [1.82, 2.24) is 5.32 Å². The molecule has 0 aliphatic carbocycles. The molecule has 13 heavy (non-hydrogen) atoms. The Labute approximate surface area is 97.8 Å². The Morgan fingerprint density at radius 1 is 1.54 bits per heavy atom. The van der Waals surface area contributed by atoms with Gasteiger partial charge in [-0.25, -0.2) is 0 Å². The van der Waals surface area contributed by atoms with Gasteiger partial charge in [-0.05, 0) is 0 Å². The SMILES string of the molecule is NCC(CC(=O)O)NCC(=O)[O-].[Na+]. The molecule has 4 N–H and O–H groups in total. The van der Waals surface area contributed by atoms with E-state index in [0.717, 1.165) is 0 Å². The van der Waals surface area contributed by atoms with Crippen LogP contribution in [0.4, 0.5) is 0 Å². The molecule has 0 saturated carbocycles. The Hall–Kier alpha value is -0.140. The topological polar surface area (TPSA) is 115 Å². The van der Waals surface area contributed by atoms with Gasteiger partial charge in [-0.2, -0.15) is 0 Å². The molecule has 6 nitrogen and oxygen atoms in total. The Morgan fingerprint density at radius 2 is 2.08 bits per heavy atom. The Balaban J connectivity index is 0. The van der Waals surface area contributed by atoms with Gasteiger partial charge in [-0.3, -0.25) is 4.79 Å². The summed E-state index contributed by atoms with van der Waals surface area (Å²) in [5.41, 5.74) is 5.17. The molecule has 0 radical (unpaired) electrons. The first-order chi connectivity index (χ1) is 5.56. The minimum absolute atomic E-state index is 0. The first-order valence-corrected chi connectivity index (χ1v) is 3.41. The normalized spacial score (nSPS) is 11.5. The Morgan fingerprint density at radius 3 is 2.38 bits per heavy atom. The van der Waals surface area contributed by atoms with Crippen LogP contribution in [0.5, 0.6) is 0 Å². The zero-order valence-electron chi connectivity index (χ0n) is 7.45. The molecule has 0 amide bonds. The fourth-order valence-corrected chi connectivity index (χ4v) is 0.677. The molecule has 0 rings (SSSR count). The quantitative estimate of drug-likeness (QED) is 0.366. The third kappa shape index (κ3) is 9.78. The minimum Gasteiger partial charge on any atom is -0.549 e. The molecule has 0 spiro atoms. The smallest absolute Gasteiger partial charge is 0.549 e. The van der Waals surface area contributed by atoms with Crippen molar-refractivity contribution < 1.29 is 49.4 Å². The van der Waals surface area contributed by atoms with Crippen LogP contribution >= 0.6 is 0 Å². The summed E-state index contributed by atoms with van der Waals surface area (Å²) in [6, 6.07) is -0.514. The van der Waals surface area contributed by atoms with Crippen molar-refractivity contribution in [2.24, 2.45) is 5.73 Å². The van der Waals surface area contributed by atoms with E-state index in [4.69, 9.17) is 10.8 Å². The number of hydrogen-bond donors (Lipinski definition) is 3. The van der Waals surface area contributed by atoms with E-state index < -0.39 is 18.0 Å². The zero-order chi connectivity index (χ0) is 9.56. The van der Waals surface area contributed by atoms with Crippen LogP contribution in [0.15, 0.2) is 0 Å². The van der Waals surface area contributed by atoms with Gasteiger partial charge >= 0.3 is 35.5 Å². The average Bonchev–Trinajstić information content (AvgIpc) is 1.97. The molecule has 0 fully saturated rings. The van der Waals surface area contributed by atoms with Crippen molar-refractivity contribution in [3.8, 4) is 0 Å². The summed E-state index contributed by atoms with van der Waals surface area (Å²) >= 11 is 0. The monoisotopic (exact) mass is 198 g/mol. The molecule has 0 heterocycles. The maximum atomic E-state index is 10.2. The molecule has 7 heteroatoms. The second kappa shape index (κ2) is 8.46. The second-order valence-corrected chi connectivity index (χ2v) is 2.28. The molecule has 1 unspecified atom stereocenters. The number of carboxylic acids is 2. The van der Waals surface area contributed by atoms with Gasteiger partial charge in [0, 0.05) is 19.1 Å². The van der Waals surface area contributed by atoms with E-state index in [9.17, 15) is 14.7 Å². The standard InChI is InChI=1S/C6H12N2O4.Na/c7-2-4(1-5(9)10)8-3-6(11)12;/h4,8H,1-3,7H2,(H,9,10)(H,11,12);/q;+1/p-1. The number of nitrogens with two attached hydrogens (primary N) is 1. The van der Waals surface area contributed by atoms with Crippen molar-refractivity contribution in [3.05, 3.63) is 0 Å². The summed E-state index contributed by atoms with van der Waals surface area (Å²) < 4.78 is 0. The molecular weight excluding hydrogens is 187 g/mol. The van der Waals surface area contributed by atoms with Crippen molar-refractivity contribution in [1.29, 1.82) is 0 Å². The van der Waals surface area contributed by atoms with Crippen LogP contribution in [0, 0.1) is 0 Å². The number of carbonyl (C=O) groups is 2. The van der Waals surface area contributed by atoms with E-state index in [1.165, 1.54) is 0 Å². The summed E-state index contributed by atoms with van der Waals surface area (Å²) in [6.07, 6.45) is -0.191. The van der Waals surface area contributed by atoms with Gasteiger partial charge in [-0.1, -0.05) is 0 Å². The first kappa shape index (κ1) is 15.3. The van der Waals surface area contributed by atoms with Crippen molar-refractivity contribution in [2.45, 2.75) is 12.5 Å². The summed E-state index contributed by atoms with van der Waals surface area (Å²) in [4.78, 5) is 20.1. The Kier molecular flexibility index (Phi) is 9.98. The fraction of sp³-hybridized carbons (Fsp3) is 0.667. The predicted molar refractivity (Wildman–Crippen MR) is 38.1 cm³/mol. The van der Waals surface area contributed by atoms with Gasteiger partial charge in [0.2, 0.25) is 0 Å². The number of rotatable bonds is 6. The van der Waals surface area contributed by atoms with E-state index in [1.54, 1.807) is 0 Å². The predicted octanol–water partition coefficient (Wildman–Crippen LogP) is -5.87. The van der Waals surface area contributed by atoms with Crippen molar-refractivity contribution in [2.75, 3.05) is 13.1 Å². The minimum atomic E-state index is -1.28. The Bertz CT molecular complexity index is 176. The average molecular weight is 198 g/mol. The number of hydrogen-bond acceptors (Lipinski definition) is 5. The van der Waals surface area contributed by atoms with E-state index in [0.29, 0.717) is 0 Å². The molecule has 0 aromatic carbocycles. The fourth-order valence-electron chi connectivity index (χ4n) is 0.677. The zero-order valence-corrected chi connectivity index (χ0v) is 9.45. The second-order valence-electron chi connectivity index (χ2n) is 2.28.